The fourth-order valence-corrected chi connectivity index (χ4v) is 18.4. The molecule has 6 amide bonds. The number of carboxylic acid groups (broad SMARTS) is 1. The first-order valence-corrected chi connectivity index (χ1v) is 39.5. The van der Waals surface area contributed by atoms with E-state index in [9.17, 15) is 73.3 Å². The molecule has 9 heterocycles. The molecule has 0 spiro atoms. The van der Waals surface area contributed by atoms with E-state index >= 15 is 0 Å². The van der Waals surface area contributed by atoms with Gasteiger partial charge in [-0.05, 0) is 170 Å². The summed E-state index contributed by atoms with van der Waals surface area (Å²) in [7, 11) is 4.98. The zero-order valence-electron chi connectivity index (χ0n) is 64.3. The molecule has 0 radical (unpaired) electrons. The van der Waals surface area contributed by atoms with Crippen molar-refractivity contribution in [2.75, 3.05) is 21.1 Å². The number of carbonyl (C=O) groups excluding carboxylic acids is 11. The minimum Gasteiger partial charge on any atom is -0.477 e. The first kappa shape index (κ1) is 86.4. The molecule has 6 N–H and O–H groups in total. The number of amides is 6. The van der Waals surface area contributed by atoms with E-state index in [2.05, 4.69) is 56.0 Å². The summed E-state index contributed by atoms with van der Waals surface area (Å²) in [5.41, 5.74) is 6.88. The highest BCUT2D eigenvalue weighted by molar-refractivity contribution is 6.00. The van der Waals surface area contributed by atoms with Crippen LogP contribution >= 0.6 is 12.4 Å². The van der Waals surface area contributed by atoms with Gasteiger partial charge in [-0.15, -0.1) is 12.4 Å². The van der Waals surface area contributed by atoms with Crippen molar-refractivity contribution in [2.45, 2.75) is 230 Å². The van der Waals surface area contributed by atoms with Crippen LogP contribution in [0.25, 0.3) is 0 Å². The monoisotopic (exact) mass is 1530 g/mol. The first-order chi connectivity index (χ1) is 52.2. The number of Topliss-reactive ketones (excluding diaryl/α,β-unsaturated/α-hetero) is 5. The number of carbonyl (C=O) groups is 12. The predicted molar refractivity (Wildman–Crippen MR) is 407 cm³/mol. The molecule has 27 heteroatoms. The van der Waals surface area contributed by atoms with Gasteiger partial charge >= 0.3 is 5.97 Å². The Hall–Kier alpha value is -9.19. The van der Waals surface area contributed by atoms with Crippen molar-refractivity contribution in [2.24, 2.45) is 88.6 Å². The Morgan fingerprint density at radius 1 is 0.436 bits per heavy atom. The first-order valence-electron chi connectivity index (χ1n) is 39.5. The van der Waals surface area contributed by atoms with Crippen LogP contribution in [0.5, 0.6) is 0 Å². The van der Waals surface area contributed by atoms with Crippen molar-refractivity contribution in [3.05, 3.63) is 90.3 Å². The SMILES string of the molecule is CC1CC2C(=O)[C@H](C1)N(C)C(=O)[C@@H](CC(=O)c1ccccn1)CCCC[C@@H]1C[C@@H](C[C@H]2C#N)C(=O)N1.CC1CC2C(=O)[C@H](C1)N(C)C(=O)[C@@H](CC(=O)c1ccccn1)CCCC[C@@H]1C[C@@H](C[C@H]2C#N)C(=O)N1.CC1CC2C(=O)[C@H](C1)N(C)C(=O)[C@@H](N)CCCC[C@@H]1C[C@@H](C[C@H]2C#N)C(=O)N1.Cl.O=C(O)c1ccccn1. The van der Waals surface area contributed by atoms with Crippen LogP contribution < -0.4 is 21.7 Å². The van der Waals surface area contributed by atoms with Crippen LogP contribution in [0.4, 0.5) is 0 Å². The van der Waals surface area contributed by atoms with Gasteiger partial charge in [-0.2, -0.15) is 15.8 Å². The molecule has 0 aromatic carbocycles. The largest absolute Gasteiger partial charge is 0.477 e. The maximum atomic E-state index is 13.7. The number of hydrogen-bond donors (Lipinski definition) is 5. The van der Waals surface area contributed by atoms with Gasteiger partial charge in [0.2, 0.25) is 35.4 Å². The van der Waals surface area contributed by atoms with E-state index in [1.807, 2.05) is 13.8 Å². The van der Waals surface area contributed by atoms with Crippen LogP contribution in [-0.4, -0.2) is 169 Å². The van der Waals surface area contributed by atoms with Gasteiger partial charge in [-0.1, -0.05) is 77.5 Å². The highest BCUT2D eigenvalue weighted by Crippen LogP contribution is 2.43. The number of nitriles is 3. The number of aromatic carboxylic acids is 1. The molecule has 3 aromatic heterocycles. The summed E-state index contributed by atoms with van der Waals surface area (Å²) in [6.07, 6.45) is 20.4. The number of nitrogens with zero attached hydrogens (tertiary/aromatic N) is 9. The molecular formula is C83H110ClN13O13. The molecule has 110 heavy (non-hydrogen) atoms. The Morgan fingerprint density at radius 3 is 1.03 bits per heavy atom. The quantitative estimate of drug-likeness (QED) is 0.138. The molecule has 26 nitrogen and oxygen atoms in total. The van der Waals surface area contributed by atoms with E-state index in [1.165, 1.54) is 27.0 Å². The van der Waals surface area contributed by atoms with Crippen molar-refractivity contribution in [3.8, 4) is 18.2 Å². The lowest BCUT2D eigenvalue weighted by Crippen LogP contribution is -2.54. The lowest BCUT2D eigenvalue weighted by Gasteiger charge is -2.39. The average Bonchev–Trinajstić information content (AvgIpc) is 0.989. The van der Waals surface area contributed by atoms with Gasteiger partial charge in [-0.3, -0.25) is 62.7 Å². The summed E-state index contributed by atoms with van der Waals surface area (Å²) in [4.78, 5) is 171. The molecule has 3 aromatic rings. The maximum absolute atomic E-state index is 13.7. The molecule has 21 atom stereocenters. The van der Waals surface area contributed by atoms with Crippen LogP contribution in [0.2, 0.25) is 0 Å². The Bertz CT molecular complexity index is 3720. The number of carboxylic acids is 1. The normalized spacial score (nSPS) is 33.1. The number of hydrogen-bond acceptors (Lipinski definition) is 19. The van der Waals surface area contributed by atoms with E-state index < -0.39 is 77.5 Å². The van der Waals surface area contributed by atoms with Gasteiger partial charge in [0.1, 0.15) is 17.1 Å². The van der Waals surface area contributed by atoms with Gasteiger partial charge in [0.05, 0.1) is 60.1 Å². The van der Waals surface area contributed by atoms with E-state index in [-0.39, 0.29) is 149 Å². The second-order valence-electron chi connectivity index (χ2n) is 32.5. The van der Waals surface area contributed by atoms with Crippen molar-refractivity contribution in [3.63, 3.8) is 0 Å². The minimum absolute atomic E-state index is 0. The number of nitrogens with one attached hydrogen (secondary N) is 3. The predicted octanol–water partition coefficient (Wildman–Crippen LogP) is 9.21. The summed E-state index contributed by atoms with van der Waals surface area (Å²) in [6.45, 7) is 6.16. The van der Waals surface area contributed by atoms with Crippen molar-refractivity contribution in [1.82, 2.24) is 45.6 Å². The topological polar surface area (TPSA) is 407 Å². The summed E-state index contributed by atoms with van der Waals surface area (Å²) in [5.74, 6) is -6.43. The van der Waals surface area contributed by atoms with Crippen LogP contribution in [0.15, 0.2) is 73.2 Å². The number of halogens is 1. The number of rotatable bonds is 7. The van der Waals surface area contributed by atoms with E-state index in [0.29, 0.717) is 101 Å². The lowest BCUT2D eigenvalue weighted by molar-refractivity contribution is -0.146. The Labute approximate surface area is 651 Å². The molecule has 9 fully saturated rings. The van der Waals surface area contributed by atoms with Crippen molar-refractivity contribution in [1.29, 1.82) is 15.8 Å². The Balaban J connectivity index is 0.000000196. The fraction of sp³-hybridized carbons (Fsp3) is 0.639. The van der Waals surface area contributed by atoms with Crippen LogP contribution in [0.3, 0.4) is 0 Å². The number of likely N-dealkylation sites (N-methyl/N-ethyl adjacent to an activating group) is 3. The zero-order valence-corrected chi connectivity index (χ0v) is 65.1. The summed E-state index contributed by atoms with van der Waals surface area (Å²) >= 11 is 0. The average molecular weight is 1530 g/mol. The molecule has 6 unspecified atom stereocenters. The highest BCUT2D eigenvalue weighted by Gasteiger charge is 2.49. The number of nitrogens with two attached hydrogens (primary N) is 1. The molecule has 9 aliphatic rings. The number of pyridine rings is 3. The highest BCUT2D eigenvalue weighted by atomic mass is 35.5. The standard InChI is InChI=1S/2C28H36N4O4.C21H32N4O3.C6H5NO2.ClH/c2*1-17-11-22-20(16-29)13-19-14-21(31-27(19)35)8-4-3-7-18(15-25(33)23-9-5-6-10-30-23)28(36)32(2)24(12-17)26(22)34;1-12-7-16-14(11-22)9-13-10-15(24-20(13)27)5-3-4-6-17(23)21(28)25(2)18(8-12)19(16)26;8-6(9)5-3-1-2-4-7-5;/h2*5-6,9-10,17-22,24H,3-4,7-8,11-15H2,1-2H3,(H,31,35);12-18H,3-10,23H2,1-2H3,(H,24,27);1-4H,(H,8,9);1H/t2*17?,18-,19-,20+,21-,22?,24+;12?,13-,14+,15-,16?,17+,18+;;/m111../s1. The molecule has 12 rings (SSSR count). The van der Waals surface area contributed by atoms with Crippen molar-refractivity contribution < 1.29 is 62.6 Å². The molecule has 6 saturated heterocycles. The minimum atomic E-state index is -0.990. The third-order valence-electron chi connectivity index (χ3n) is 24.5. The molecule has 6 aliphatic heterocycles. The second kappa shape index (κ2) is 40.7. The Kier molecular flexibility index (Phi) is 31.9. The fourth-order valence-electron chi connectivity index (χ4n) is 18.4. The van der Waals surface area contributed by atoms with Gasteiger partial charge in [0, 0.05) is 118 Å². The van der Waals surface area contributed by atoms with Crippen molar-refractivity contribution >= 4 is 82.7 Å². The lowest BCUT2D eigenvalue weighted by atomic mass is 9.70. The van der Waals surface area contributed by atoms with E-state index in [4.69, 9.17) is 10.8 Å². The Morgan fingerprint density at radius 2 is 0.736 bits per heavy atom. The van der Waals surface area contributed by atoms with Crippen LogP contribution in [0.1, 0.15) is 219 Å². The zero-order chi connectivity index (χ0) is 78.8. The molecule has 12 bridgehead atoms. The van der Waals surface area contributed by atoms with Gasteiger partial charge in [0.25, 0.3) is 0 Å². The number of fused-ring (bicyclic) bond motifs is 12. The smallest absolute Gasteiger partial charge is 0.354 e. The van der Waals surface area contributed by atoms with Gasteiger partial charge in [-0.25, -0.2) is 9.78 Å². The molecule has 3 aliphatic carbocycles. The molecule has 3 saturated carbocycles. The maximum Gasteiger partial charge on any atom is 0.354 e. The van der Waals surface area contributed by atoms with Gasteiger partial charge in [0.15, 0.2) is 28.9 Å². The summed E-state index contributed by atoms with van der Waals surface area (Å²) in [6, 6.07) is 19.9. The number of aromatic nitrogens is 3. The van der Waals surface area contributed by atoms with Crippen LogP contribution in [-0.2, 0) is 43.2 Å². The second-order valence-corrected chi connectivity index (χ2v) is 32.5. The third-order valence-corrected chi connectivity index (χ3v) is 24.5. The van der Waals surface area contributed by atoms with Gasteiger partial charge < -0.3 is 41.5 Å². The number of ketones is 5. The third kappa shape index (κ3) is 22.3. The molecular weight excluding hydrogens is 1420 g/mol. The van der Waals surface area contributed by atoms with E-state index in [0.717, 1.165) is 64.2 Å². The summed E-state index contributed by atoms with van der Waals surface area (Å²) in [5, 5.41) is 47.3. The molecule has 592 valence electrons. The summed E-state index contributed by atoms with van der Waals surface area (Å²) < 4.78 is 0. The van der Waals surface area contributed by atoms with E-state index in [1.54, 1.807) is 82.1 Å². The van der Waals surface area contributed by atoms with Crippen LogP contribution in [0, 0.1) is 117 Å².